The van der Waals surface area contributed by atoms with Crippen molar-refractivity contribution in [2.45, 2.75) is 32.2 Å². The van der Waals surface area contributed by atoms with Crippen LogP contribution in [-0.4, -0.2) is 44.2 Å². The third kappa shape index (κ3) is 4.70. The fourth-order valence-electron chi connectivity index (χ4n) is 5.02. The van der Waals surface area contributed by atoms with E-state index in [1.165, 1.54) is 5.56 Å². The normalized spacial score (nSPS) is 14.4. The van der Waals surface area contributed by atoms with Gasteiger partial charge >= 0.3 is 0 Å². The number of hydrogen-bond acceptors (Lipinski definition) is 5. The van der Waals surface area contributed by atoms with E-state index in [9.17, 15) is 9.59 Å². The molecule has 0 aliphatic carbocycles. The van der Waals surface area contributed by atoms with Crippen molar-refractivity contribution in [3.05, 3.63) is 101 Å². The summed E-state index contributed by atoms with van der Waals surface area (Å²) in [6.45, 7) is 3.63. The Morgan fingerprint density at radius 1 is 1.00 bits per heavy atom. The van der Waals surface area contributed by atoms with Gasteiger partial charge in [0, 0.05) is 56.3 Å². The smallest absolute Gasteiger partial charge is 0.253 e. The number of carbonyl (C=O) groups is 2. The number of pyridine rings is 1. The quantitative estimate of drug-likeness (QED) is 0.382. The maximum Gasteiger partial charge on any atom is 0.253 e. The van der Waals surface area contributed by atoms with Gasteiger partial charge in [0.15, 0.2) is 11.5 Å². The van der Waals surface area contributed by atoms with Crippen molar-refractivity contribution in [1.82, 2.24) is 24.6 Å². The SMILES string of the molecule is Cc1nc2ccc(C(=O)N3CCC(c4ccc(C(=O)NCc5ccn6ccnc6c5)cc4)CC3)cc2o1. The molecule has 0 saturated carbocycles. The zero-order chi connectivity index (χ0) is 25.4. The highest BCUT2D eigenvalue weighted by Gasteiger charge is 2.25. The number of imidazole rings is 1. The van der Waals surface area contributed by atoms with Crippen molar-refractivity contribution in [3.63, 3.8) is 0 Å². The van der Waals surface area contributed by atoms with Crippen LogP contribution in [0.15, 0.2) is 77.6 Å². The first kappa shape index (κ1) is 23.0. The van der Waals surface area contributed by atoms with Crippen molar-refractivity contribution in [2.24, 2.45) is 0 Å². The highest BCUT2D eigenvalue weighted by Crippen LogP contribution is 2.29. The number of likely N-dealkylation sites (tertiary alicyclic amines) is 1. The van der Waals surface area contributed by atoms with E-state index in [4.69, 9.17) is 4.42 Å². The highest BCUT2D eigenvalue weighted by molar-refractivity contribution is 5.97. The van der Waals surface area contributed by atoms with E-state index in [2.05, 4.69) is 15.3 Å². The summed E-state index contributed by atoms with van der Waals surface area (Å²) >= 11 is 0. The van der Waals surface area contributed by atoms with E-state index in [0.29, 0.717) is 48.2 Å². The standard InChI is InChI=1S/C29H27N5O3/c1-19-32-25-7-6-24(17-26(25)37-19)29(36)34-13-9-22(10-14-34)21-2-4-23(5-3-21)28(35)31-18-20-8-12-33-15-11-30-27(33)16-20/h2-8,11-12,15-17,22H,9-10,13-14,18H2,1H3,(H,31,35). The maximum atomic E-state index is 13.0. The molecule has 2 amide bonds. The van der Waals surface area contributed by atoms with Gasteiger partial charge in [-0.3, -0.25) is 9.59 Å². The van der Waals surface area contributed by atoms with E-state index >= 15 is 0 Å². The van der Waals surface area contributed by atoms with Crippen molar-refractivity contribution in [1.29, 1.82) is 0 Å². The summed E-state index contributed by atoms with van der Waals surface area (Å²) in [7, 11) is 0. The molecule has 1 fully saturated rings. The number of hydrogen-bond donors (Lipinski definition) is 1. The topological polar surface area (TPSA) is 92.7 Å². The van der Waals surface area contributed by atoms with E-state index in [1.807, 2.05) is 70.2 Å². The van der Waals surface area contributed by atoms with Gasteiger partial charge in [0.2, 0.25) is 0 Å². The predicted octanol–water partition coefficient (Wildman–Crippen LogP) is 4.73. The minimum absolute atomic E-state index is 0.0216. The van der Waals surface area contributed by atoms with Crippen LogP contribution in [0, 0.1) is 6.92 Å². The third-order valence-electron chi connectivity index (χ3n) is 7.08. The van der Waals surface area contributed by atoms with Gasteiger partial charge in [0.05, 0.1) is 0 Å². The van der Waals surface area contributed by atoms with E-state index < -0.39 is 0 Å². The first-order chi connectivity index (χ1) is 18.0. The van der Waals surface area contributed by atoms with Crippen LogP contribution in [0.1, 0.15) is 56.5 Å². The van der Waals surface area contributed by atoms with Crippen LogP contribution >= 0.6 is 0 Å². The van der Waals surface area contributed by atoms with E-state index in [-0.39, 0.29) is 11.8 Å². The monoisotopic (exact) mass is 493 g/mol. The number of carbonyl (C=O) groups excluding carboxylic acids is 2. The number of nitrogens with one attached hydrogen (secondary N) is 1. The van der Waals surface area contributed by atoms with Gasteiger partial charge < -0.3 is 19.0 Å². The minimum atomic E-state index is -0.103. The molecular weight excluding hydrogens is 466 g/mol. The predicted molar refractivity (Wildman–Crippen MR) is 139 cm³/mol. The average Bonchev–Trinajstić information content (AvgIpc) is 3.56. The van der Waals surface area contributed by atoms with E-state index in [1.54, 1.807) is 19.2 Å². The van der Waals surface area contributed by atoms with Crippen LogP contribution in [0.2, 0.25) is 0 Å². The lowest BCUT2D eigenvalue weighted by Crippen LogP contribution is -2.37. The Hall–Kier alpha value is -4.46. The molecule has 1 aliphatic rings. The zero-order valence-corrected chi connectivity index (χ0v) is 20.6. The van der Waals surface area contributed by atoms with Gasteiger partial charge in [-0.25, -0.2) is 9.97 Å². The van der Waals surface area contributed by atoms with Crippen LogP contribution in [0.5, 0.6) is 0 Å². The van der Waals surface area contributed by atoms with Crippen molar-refractivity contribution in [3.8, 4) is 0 Å². The molecule has 0 spiro atoms. The summed E-state index contributed by atoms with van der Waals surface area (Å²) in [6.07, 6.45) is 7.35. The molecule has 1 aliphatic heterocycles. The second kappa shape index (κ2) is 9.54. The average molecular weight is 494 g/mol. The number of amides is 2. The van der Waals surface area contributed by atoms with E-state index in [0.717, 1.165) is 29.6 Å². The van der Waals surface area contributed by atoms with Crippen LogP contribution < -0.4 is 5.32 Å². The number of nitrogens with zero attached hydrogens (tertiary/aromatic N) is 4. The van der Waals surface area contributed by atoms with Crippen molar-refractivity contribution < 1.29 is 14.0 Å². The molecule has 0 atom stereocenters. The lowest BCUT2D eigenvalue weighted by Gasteiger charge is -2.32. The van der Waals surface area contributed by atoms with Gasteiger partial charge in [-0.2, -0.15) is 0 Å². The molecule has 0 bridgehead atoms. The lowest BCUT2D eigenvalue weighted by atomic mass is 9.88. The number of benzene rings is 2. The molecule has 2 aromatic carbocycles. The largest absolute Gasteiger partial charge is 0.441 e. The second-order valence-corrected chi connectivity index (χ2v) is 9.51. The second-order valence-electron chi connectivity index (χ2n) is 9.51. The van der Waals surface area contributed by atoms with Gasteiger partial charge in [0.25, 0.3) is 11.8 Å². The van der Waals surface area contributed by atoms with Gasteiger partial charge in [-0.1, -0.05) is 12.1 Å². The Balaban J connectivity index is 1.04. The van der Waals surface area contributed by atoms with Gasteiger partial charge in [0.1, 0.15) is 11.2 Å². The highest BCUT2D eigenvalue weighted by atomic mass is 16.3. The Bertz CT molecular complexity index is 1590. The summed E-state index contributed by atoms with van der Waals surface area (Å²) < 4.78 is 7.52. The zero-order valence-electron chi connectivity index (χ0n) is 20.6. The Labute approximate surface area is 213 Å². The third-order valence-corrected chi connectivity index (χ3v) is 7.08. The Morgan fingerprint density at radius 2 is 1.78 bits per heavy atom. The molecule has 186 valence electrons. The number of aryl methyl sites for hydroxylation is 1. The number of oxazole rings is 1. The maximum absolute atomic E-state index is 13.0. The molecule has 8 heteroatoms. The minimum Gasteiger partial charge on any atom is -0.441 e. The van der Waals surface area contributed by atoms with Crippen LogP contribution in [0.4, 0.5) is 0 Å². The fraction of sp³-hybridized carbons (Fsp3) is 0.241. The molecule has 4 heterocycles. The Morgan fingerprint density at radius 3 is 2.59 bits per heavy atom. The van der Waals surface area contributed by atoms with Gasteiger partial charge in [-0.15, -0.1) is 0 Å². The molecule has 1 saturated heterocycles. The summed E-state index contributed by atoms with van der Waals surface area (Å²) in [6, 6.07) is 17.2. The van der Waals surface area contributed by atoms with Crippen molar-refractivity contribution in [2.75, 3.05) is 13.1 Å². The lowest BCUT2D eigenvalue weighted by molar-refractivity contribution is 0.0712. The molecule has 6 rings (SSSR count). The van der Waals surface area contributed by atoms with Crippen molar-refractivity contribution >= 4 is 28.6 Å². The molecule has 8 nitrogen and oxygen atoms in total. The Kier molecular flexibility index (Phi) is 5.92. The molecule has 1 N–H and O–H groups in total. The summed E-state index contributed by atoms with van der Waals surface area (Å²) in [4.78, 5) is 36.2. The first-order valence-electron chi connectivity index (χ1n) is 12.5. The molecular formula is C29H27N5O3. The molecule has 5 aromatic rings. The first-order valence-corrected chi connectivity index (χ1v) is 12.5. The number of fused-ring (bicyclic) bond motifs is 2. The summed E-state index contributed by atoms with van der Waals surface area (Å²) in [5.74, 6) is 0.875. The summed E-state index contributed by atoms with van der Waals surface area (Å²) in [5, 5.41) is 2.99. The molecule has 0 unspecified atom stereocenters. The molecule has 0 radical (unpaired) electrons. The van der Waals surface area contributed by atoms with Crippen LogP contribution in [0.25, 0.3) is 16.7 Å². The number of rotatable bonds is 5. The number of aromatic nitrogens is 3. The fourth-order valence-corrected chi connectivity index (χ4v) is 5.02. The number of piperidine rings is 1. The van der Waals surface area contributed by atoms with Crippen LogP contribution in [0.3, 0.4) is 0 Å². The molecule has 37 heavy (non-hydrogen) atoms. The van der Waals surface area contributed by atoms with Crippen LogP contribution in [-0.2, 0) is 6.54 Å². The molecule has 3 aromatic heterocycles. The van der Waals surface area contributed by atoms with Gasteiger partial charge in [-0.05, 0) is 72.4 Å². The summed E-state index contributed by atoms with van der Waals surface area (Å²) in [5.41, 5.74) is 5.73.